The van der Waals surface area contributed by atoms with Crippen LogP contribution in [0.4, 0.5) is 0 Å². The molecule has 1 aliphatic carbocycles. The van der Waals surface area contributed by atoms with Crippen molar-refractivity contribution in [1.29, 1.82) is 0 Å². The van der Waals surface area contributed by atoms with Crippen molar-refractivity contribution in [2.45, 2.75) is 19.3 Å². The standard InChI is InChI=1S/C12H13ClO3/c13-11-5-4-9(6-10(11)12(14)15)16-7-8-2-1-3-8/h4-6,8H,1-3,7H2,(H,14,15). The quantitative estimate of drug-likeness (QED) is 0.879. The van der Waals surface area contributed by atoms with Crippen molar-refractivity contribution < 1.29 is 14.6 Å². The predicted molar refractivity (Wildman–Crippen MR) is 61.2 cm³/mol. The maximum absolute atomic E-state index is 10.8. The van der Waals surface area contributed by atoms with E-state index in [4.69, 9.17) is 21.4 Å². The second-order valence-corrected chi connectivity index (χ2v) is 4.46. The molecule has 0 aliphatic heterocycles. The van der Waals surface area contributed by atoms with Crippen LogP contribution in [0.1, 0.15) is 29.6 Å². The first kappa shape index (κ1) is 11.3. The molecule has 0 atom stereocenters. The lowest BCUT2D eigenvalue weighted by molar-refractivity contribution is 0.0696. The molecule has 0 radical (unpaired) electrons. The van der Waals surface area contributed by atoms with Gasteiger partial charge in [-0.1, -0.05) is 18.0 Å². The molecular formula is C12H13ClO3. The number of halogens is 1. The van der Waals surface area contributed by atoms with Crippen molar-refractivity contribution in [2.24, 2.45) is 5.92 Å². The van der Waals surface area contributed by atoms with Crippen molar-refractivity contribution >= 4 is 17.6 Å². The van der Waals surface area contributed by atoms with E-state index in [1.54, 1.807) is 12.1 Å². The molecule has 0 amide bonds. The number of rotatable bonds is 4. The van der Waals surface area contributed by atoms with E-state index in [9.17, 15) is 4.79 Å². The van der Waals surface area contributed by atoms with Crippen LogP contribution in [0, 0.1) is 5.92 Å². The SMILES string of the molecule is O=C(O)c1cc(OCC2CCC2)ccc1Cl. The number of hydrogen-bond acceptors (Lipinski definition) is 2. The van der Waals surface area contributed by atoms with Gasteiger partial charge in [-0.25, -0.2) is 4.79 Å². The molecule has 1 aromatic rings. The van der Waals surface area contributed by atoms with Gasteiger partial charge in [-0.3, -0.25) is 0 Å². The number of aromatic carboxylic acids is 1. The van der Waals surface area contributed by atoms with Crippen molar-refractivity contribution in [3.63, 3.8) is 0 Å². The molecule has 0 saturated heterocycles. The number of carboxylic acid groups (broad SMARTS) is 1. The minimum absolute atomic E-state index is 0.0905. The smallest absolute Gasteiger partial charge is 0.337 e. The normalized spacial score (nSPS) is 15.6. The Labute approximate surface area is 99.0 Å². The van der Waals surface area contributed by atoms with Gasteiger partial charge in [0.1, 0.15) is 5.75 Å². The highest BCUT2D eigenvalue weighted by Gasteiger charge is 2.18. The average molecular weight is 241 g/mol. The third-order valence-electron chi connectivity index (χ3n) is 2.88. The van der Waals surface area contributed by atoms with Gasteiger partial charge in [0.25, 0.3) is 0 Å². The number of ether oxygens (including phenoxy) is 1. The maximum atomic E-state index is 10.8. The maximum Gasteiger partial charge on any atom is 0.337 e. The average Bonchev–Trinajstić information content (AvgIpc) is 2.17. The molecule has 3 nitrogen and oxygen atoms in total. The predicted octanol–water partition coefficient (Wildman–Crippen LogP) is 3.22. The fourth-order valence-corrected chi connectivity index (χ4v) is 1.83. The monoisotopic (exact) mass is 240 g/mol. The summed E-state index contributed by atoms with van der Waals surface area (Å²) in [6.45, 7) is 0.667. The van der Waals surface area contributed by atoms with Gasteiger partial charge in [-0.2, -0.15) is 0 Å². The Bertz CT molecular complexity index is 399. The van der Waals surface area contributed by atoms with Crippen molar-refractivity contribution in [2.75, 3.05) is 6.61 Å². The highest BCUT2D eigenvalue weighted by atomic mass is 35.5. The van der Waals surface area contributed by atoms with Crippen molar-refractivity contribution in [3.05, 3.63) is 28.8 Å². The second-order valence-electron chi connectivity index (χ2n) is 4.05. The number of hydrogen-bond donors (Lipinski definition) is 1. The lowest BCUT2D eigenvalue weighted by atomic mass is 9.86. The Hall–Kier alpha value is -1.22. The Morgan fingerprint density at radius 3 is 2.81 bits per heavy atom. The summed E-state index contributed by atoms with van der Waals surface area (Å²) in [6.07, 6.45) is 3.69. The number of benzene rings is 1. The minimum atomic E-state index is -1.03. The fraction of sp³-hybridized carbons (Fsp3) is 0.417. The molecule has 4 heteroatoms. The van der Waals surface area contributed by atoms with E-state index in [1.165, 1.54) is 25.3 Å². The van der Waals surface area contributed by atoms with E-state index in [-0.39, 0.29) is 10.6 Å². The molecule has 1 N–H and O–H groups in total. The Morgan fingerprint density at radius 1 is 1.50 bits per heavy atom. The Morgan fingerprint density at radius 2 is 2.25 bits per heavy atom. The number of carbonyl (C=O) groups is 1. The third-order valence-corrected chi connectivity index (χ3v) is 3.21. The van der Waals surface area contributed by atoms with Gasteiger partial charge in [0.05, 0.1) is 17.2 Å². The lowest BCUT2D eigenvalue weighted by Gasteiger charge is -2.25. The summed E-state index contributed by atoms with van der Waals surface area (Å²) in [7, 11) is 0. The summed E-state index contributed by atoms with van der Waals surface area (Å²) in [6, 6.07) is 4.73. The van der Waals surface area contributed by atoms with Crippen LogP contribution in [0.15, 0.2) is 18.2 Å². The molecule has 86 valence electrons. The van der Waals surface area contributed by atoms with E-state index in [0.717, 1.165) is 0 Å². The van der Waals surface area contributed by atoms with Crippen LogP contribution in [-0.4, -0.2) is 17.7 Å². The molecule has 1 saturated carbocycles. The highest BCUT2D eigenvalue weighted by molar-refractivity contribution is 6.33. The van der Waals surface area contributed by atoms with E-state index in [1.807, 2.05) is 0 Å². The summed E-state index contributed by atoms with van der Waals surface area (Å²) in [5.74, 6) is 0.178. The molecule has 0 bridgehead atoms. The molecule has 0 spiro atoms. The topological polar surface area (TPSA) is 46.5 Å². The highest BCUT2D eigenvalue weighted by Crippen LogP contribution is 2.28. The van der Waals surface area contributed by atoms with E-state index >= 15 is 0 Å². The van der Waals surface area contributed by atoms with Crippen LogP contribution < -0.4 is 4.74 Å². The molecule has 0 aromatic heterocycles. The van der Waals surface area contributed by atoms with E-state index in [2.05, 4.69) is 0 Å². The first-order valence-electron chi connectivity index (χ1n) is 5.32. The number of carboxylic acids is 1. The third kappa shape index (κ3) is 2.47. The summed E-state index contributed by atoms with van der Waals surface area (Å²) in [4.78, 5) is 10.8. The van der Waals surface area contributed by atoms with Crippen molar-refractivity contribution in [3.8, 4) is 5.75 Å². The second kappa shape index (κ2) is 4.74. The summed E-state index contributed by atoms with van der Waals surface area (Å²) in [5, 5.41) is 9.12. The van der Waals surface area contributed by atoms with Crippen LogP contribution in [0.5, 0.6) is 5.75 Å². The zero-order chi connectivity index (χ0) is 11.5. The van der Waals surface area contributed by atoms with Crippen LogP contribution >= 0.6 is 11.6 Å². The Kier molecular flexibility index (Phi) is 3.34. The van der Waals surface area contributed by atoms with Crippen LogP contribution in [0.3, 0.4) is 0 Å². The molecular weight excluding hydrogens is 228 g/mol. The molecule has 16 heavy (non-hydrogen) atoms. The lowest BCUT2D eigenvalue weighted by Crippen LogP contribution is -2.19. The first-order chi connectivity index (χ1) is 7.66. The van der Waals surface area contributed by atoms with Gasteiger partial charge in [0.15, 0.2) is 0 Å². The molecule has 0 heterocycles. The molecule has 2 rings (SSSR count). The molecule has 1 fully saturated rings. The first-order valence-corrected chi connectivity index (χ1v) is 5.70. The zero-order valence-corrected chi connectivity index (χ0v) is 9.54. The van der Waals surface area contributed by atoms with Gasteiger partial charge < -0.3 is 9.84 Å². The zero-order valence-electron chi connectivity index (χ0n) is 8.78. The fourth-order valence-electron chi connectivity index (χ4n) is 1.63. The largest absolute Gasteiger partial charge is 0.493 e. The van der Waals surface area contributed by atoms with E-state index < -0.39 is 5.97 Å². The van der Waals surface area contributed by atoms with Crippen LogP contribution in [0.25, 0.3) is 0 Å². The molecule has 1 aromatic carbocycles. The minimum Gasteiger partial charge on any atom is -0.493 e. The molecule has 0 unspecified atom stereocenters. The van der Waals surface area contributed by atoms with Gasteiger partial charge in [-0.15, -0.1) is 0 Å². The summed E-state index contributed by atoms with van der Waals surface area (Å²) in [5.41, 5.74) is 0.0905. The van der Waals surface area contributed by atoms with Gasteiger partial charge in [0.2, 0.25) is 0 Å². The van der Waals surface area contributed by atoms with Gasteiger partial charge >= 0.3 is 5.97 Å². The Balaban J connectivity index is 2.03. The van der Waals surface area contributed by atoms with Crippen LogP contribution in [-0.2, 0) is 0 Å². The summed E-state index contributed by atoms with van der Waals surface area (Å²) >= 11 is 5.76. The van der Waals surface area contributed by atoms with Crippen molar-refractivity contribution in [1.82, 2.24) is 0 Å². The molecule has 1 aliphatic rings. The summed E-state index contributed by atoms with van der Waals surface area (Å²) < 4.78 is 5.53. The van der Waals surface area contributed by atoms with Gasteiger partial charge in [0, 0.05) is 0 Å². The van der Waals surface area contributed by atoms with E-state index in [0.29, 0.717) is 18.3 Å². The van der Waals surface area contributed by atoms with Crippen LogP contribution in [0.2, 0.25) is 5.02 Å². The van der Waals surface area contributed by atoms with Gasteiger partial charge in [-0.05, 0) is 37.0 Å².